The van der Waals surface area contributed by atoms with E-state index in [9.17, 15) is 9.59 Å². The first-order valence-electron chi connectivity index (χ1n) is 15.0. The van der Waals surface area contributed by atoms with Crippen molar-refractivity contribution in [3.63, 3.8) is 0 Å². The Hall–Kier alpha value is -4.79. The molecule has 8 heteroatoms. The van der Waals surface area contributed by atoms with Crippen LogP contribution in [0.25, 0.3) is 16.8 Å². The Kier molecular flexibility index (Phi) is 8.28. The van der Waals surface area contributed by atoms with E-state index in [1.54, 1.807) is 11.9 Å². The molecule has 0 aliphatic carbocycles. The van der Waals surface area contributed by atoms with Crippen molar-refractivity contribution in [3.8, 4) is 0 Å². The normalized spacial score (nSPS) is 16.9. The molecule has 4 aromatic carbocycles. The van der Waals surface area contributed by atoms with Gasteiger partial charge in [0, 0.05) is 39.8 Å². The molecule has 0 atom stereocenters. The van der Waals surface area contributed by atoms with Crippen LogP contribution in [0.15, 0.2) is 102 Å². The summed E-state index contributed by atoms with van der Waals surface area (Å²) in [6, 6.07) is 30.2. The lowest BCUT2D eigenvalue weighted by atomic mass is 9.85. The summed E-state index contributed by atoms with van der Waals surface area (Å²) in [5.41, 5.74) is 3.63. The number of nitrogens with zero attached hydrogens (tertiary/aromatic N) is 5. The minimum atomic E-state index is -0.905. The van der Waals surface area contributed by atoms with Gasteiger partial charge in [-0.05, 0) is 59.2 Å². The molecular weight excluding hydrogens is 548 g/mol. The molecule has 4 aromatic rings. The van der Waals surface area contributed by atoms with Crippen molar-refractivity contribution in [3.05, 3.63) is 114 Å². The summed E-state index contributed by atoms with van der Waals surface area (Å²) in [6.45, 7) is 6.44. The molecule has 2 heterocycles. The fourth-order valence-corrected chi connectivity index (χ4v) is 6.53. The fourth-order valence-electron chi connectivity index (χ4n) is 6.53. The molecule has 3 amide bonds. The van der Waals surface area contributed by atoms with Crippen LogP contribution >= 0.6 is 0 Å². The number of fused-ring (bicyclic) bond motifs is 1. The number of carbonyl (C=O) groups is 2. The first kappa shape index (κ1) is 29.3. The maximum atomic E-state index is 14.2. The molecule has 1 spiro atoms. The van der Waals surface area contributed by atoms with Crippen molar-refractivity contribution in [2.75, 3.05) is 31.7 Å². The predicted molar refractivity (Wildman–Crippen MR) is 178 cm³/mol. The SMILES string of the molecule is C=Nc1cc(CN2C(=O)N(C/C=C/c3ccccc3)C(=O)C23CCN(Cc2cccc4ccccc24)CC3)ccc1N(C)N. The van der Waals surface area contributed by atoms with Gasteiger partial charge >= 0.3 is 6.03 Å². The number of hydrogen-bond acceptors (Lipinski definition) is 6. The topological polar surface area (TPSA) is 85.5 Å². The fraction of sp³-hybridized carbons (Fsp3) is 0.250. The van der Waals surface area contributed by atoms with E-state index in [0.29, 0.717) is 38.2 Å². The van der Waals surface area contributed by atoms with Crippen molar-refractivity contribution in [1.82, 2.24) is 14.7 Å². The Bertz CT molecular complexity index is 1700. The second-order valence-electron chi connectivity index (χ2n) is 11.6. The molecule has 2 fully saturated rings. The number of imide groups is 1. The summed E-state index contributed by atoms with van der Waals surface area (Å²) < 4.78 is 0. The number of likely N-dealkylation sites (tertiary alicyclic amines) is 1. The van der Waals surface area contributed by atoms with Gasteiger partial charge in [0.25, 0.3) is 5.91 Å². The van der Waals surface area contributed by atoms with Gasteiger partial charge in [-0.2, -0.15) is 0 Å². The van der Waals surface area contributed by atoms with Crippen LogP contribution in [0.4, 0.5) is 16.2 Å². The van der Waals surface area contributed by atoms with E-state index in [4.69, 9.17) is 5.84 Å². The second kappa shape index (κ2) is 12.4. The summed E-state index contributed by atoms with van der Waals surface area (Å²) in [6.07, 6.45) is 4.98. The Morgan fingerprint density at radius 2 is 1.66 bits per heavy atom. The molecule has 6 rings (SSSR count). The molecular formula is C36H38N6O2. The highest BCUT2D eigenvalue weighted by Crippen LogP contribution is 2.40. The first-order chi connectivity index (χ1) is 21.4. The van der Waals surface area contributed by atoms with Crippen LogP contribution in [0.2, 0.25) is 0 Å². The van der Waals surface area contributed by atoms with Crippen molar-refractivity contribution in [1.29, 1.82) is 0 Å². The van der Waals surface area contributed by atoms with Crippen LogP contribution in [-0.4, -0.2) is 65.6 Å². The van der Waals surface area contributed by atoms with E-state index in [1.165, 1.54) is 26.2 Å². The summed E-state index contributed by atoms with van der Waals surface area (Å²) in [7, 11) is 1.74. The molecule has 224 valence electrons. The van der Waals surface area contributed by atoms with Gasteiger partial charge in [0.2, 0.25) is 0 Å². The number of carbonyl (C=O) groups excluding carboxylic acids is 2. The van der Waals surface area contributed by atoms with Crippen LogP contribution in [-0.2, 0) is 17.9 Å². The third kappa shape index (κ3) is 5.62. The van der Waals surface area contributed by atoms with Crippen LogP contribution < -0.4 is 10.9 Å². The van der Waals surface area contributed by atoms with Gasteiger partial charge in [0.05, 0.1) is 11.4 Å². The molecule has 2 saturated heterocycles. The highest BCUT2D eigenvalue weighted by Gasteiger charge is 2.57. The number of hydrogen-bond donors (Lipinski definition) is 1. The molecule has 44 heavy (non-hydrogen) atoms. The van der Waals surface area contributed by atoms with E-state index in [0.717, 1.165) is 23.4 Å². The minimum absolute atomic E-state index is 0.120. The van der Waals surface area contributed by atoms with E-state index in [2.05, 4.69) is 59.1 Å². The van der Waals surface area contributed by atoms with E-state index in [-0.39, 0.29) is 18.5 Å². The Morgan fingerprint density at radius 1 is 0.932 bits per heavy atom. The number of amides is 3. The highest BCUT2D eigenvalue weighted by molar-refractivity contribution is 6.07. The monoisotopic (exact) mass is 586 g/mol. The summed E-state index contributed by atoms with van der Waals surface area (Å²) >= 11 is 0. The average Bonchev–Trinajstić information content (AvgIpc) is 3.23. The van der Waals surface area contributed by atoms with Gasteiger partial charge in [-0.15, -0.1) is 0 Å². The zero-order chi connectivity index (χ0) is 30.7. The average molecular weight is 587 g/mol. The van der Waals surface area contributed by atoms with Gasteiger partial charge in [-0.25, -0.2) is 10.6 Å². The van der Waals surface area contributed by atoms with Crippen molar-refractivity contribution < 1.29 is 9.59 Å². The molecule has 0 unspecified atom stereocenters. The molecule has 0 radical (unpaired) electrons. The Morgan fingerprint density at radius 3 is 2.41 bits per heavy atom. The molecule has 0 aromatic heterocycles. The maximum absolute atomic E-state index is 14.2. The third-order valence-corrected chi connectivity index (χ3v) is 8.91. The van der Waals surface area contributed by atoms with Crippen molar-refractivity contribution in [2.45, 2.75) is 31.5 Å². The lowest BCUT2D eigenvalue weighted by Crippen LogP contribution is -2.56. The van der Waals surface area contributed by atoms with Crippen molar-refractivity contribution >= 4 is 46.9 Å². The zero-order valence-electron chi connectivity index (χ0n) is 25.1. The lowest BCUT2D eigenvalue weighted by Gasteiger charge is -2.42. The summed E-state index contributed by atoms with van der Waals surface area (Å²) in [5, 5.41) is 3.96. The van der Waals surface area contributed by atoms with Crippen molar-refractivity contribution in [2.24, 2.45) is 10.8 Å². The first-order valence-corrected chi connectivity index (χ1v) is 15.0. The molecule has 0 bridgehead atoms. The predicted octanol–water partition coefficient (Wildman–Crippen LogP) is 5.99. The smallest absolute Gasteiger partial charge is 0.312 e. The zero-order valence-corrected chi connectivity index (χ0v) is 25.1. The standard InChI is InChI=1S/C36H38N6O2/c1-38-32-24-28(17-18-33(32)39(2)37)25-42-35(44)41(21-9-12-27-10-4-3-5-11-27)34(43)36(42)19-22-40(23-20-36)26-30-15-8-14-29-13-6-7-16-31(29)30/h3-18,24H,1,19-23,25-26,37H2,2H3/b12-9+. The number of urea groups is 1. The number of hydrazine groups is 1. The molecule has 2 N–H and O–H groups in total. The lowest BCUT2D eigenvalue weighted by molar-refractivity contribution is -0.135. The van der Waals surface area contributed by atoms with Crippen LogP contribution in [0, 0.1) is 0 Å². The Labute approximate surface area is 258 Å². The van der Waals surface area contributed by atoms with E-state index < -0.39 is 5.54 Å². The minimum Gasteiger partial charge on any atom is -0.312 e. The highest BCUT2D eigenvalue weighted by atomic mass is 16.2. The number of nitrogens with two attached hydrogens (primary N) is 1. The number of rotatable bonds is 9. The number of benzene rings is 4. The van der Waals surface area contributed by atoms with Gasteiger partial charge in [-0.1, -0.05) is 91.0 Å². The number of aliphatic imine (C=N–C) groups is 1. The summed E-state index contributed by atoms with van der Waals surface area (Å²) in [4.78, 5) is 38.0. The van der Waals surface area contributed by atoms with Gasteiger partial charge < -0.3 is 9.91 Å². The second-order valence-corrected chi connectivity index (χ2v) is 11.6. The van der Waals surface area contributed by atoms with Crippen LogP contribution in [0.1, 0.15) is 29.5 Å². The van der Waals surface area contributed by atoms with Gasteiger partial charge in [0.15, 0.2) is 0 Å². The molecule has 8 nitrogen and oxygen atoms in total. The van der Waals surface area contributed by atoms with Crippen LogP contribution in [0.5, 0.6) is 0 Å². The van der Waals surface area contributed by atoms with E-state index in [1.807, 2.05) is 60.7 Å². The molecule has 0 saturated carbocycles. The molecule has 2 aliphatic heterocycles. The molecule has 2 aliphatic rings. The van der Waals surface area contributed by atoms with E-state index >= 15 is 0 Å². The number of anilines is 1. The maximum Gasteiger partial charge on any atom is 0.328 e. The van der Waals surface area contributed by atoms with Crippen LogP contribution in [0.3, 0.4) is 0 Å². The van der Waals surface area contributed by atoms with Gasteiger partial charge in [0.1, 0.15) is 5.54 Å². The summed E-state index contributed by atoms with van der Waals surface area (Å²) in [5.74, 6) is 5.86. The van der Waals surface area contributed by atoms with Gasteiger partial charge in [-0.3, -0.25) is 19.6 Å². The third-order valence-electron chi connectivity index (χ3n) is 8.91. The quantitative estimate of drug-likeness (QED) is 0.113. The number of piperidine rings is 1. The largest absolute Gasteiger partial charge is 0.328 e. The Balaban J connectivity index is 1.26.